The lowest BCUT2D eigenvalue weighted by Gasteiger charge is -2.44. The molecule has 2 aromatic heterocycles. The number of nitrogens with one attached hydrogen (secondary N) is 1. The Morgan fingerprint density at radius 2 is 0.989 bits per heavy atom. The molecule has 458 valence electrons. The van der Waals surface area contributed by atoms with E-state index in [9.17, 15) is 14.8 Å². The molecule has 18 heteroatoms. The first-order valence-electron chi connectivity index (χ1n) is 30.8. The summed E-state index contributed by atoms with van der Waals surface area (Å²) in [7, 11) is 0. The molecule has 7 aromatic rings. The van der Waals surface area contributed by atoms with Crippen LogP contribution in [0.5, 0.6) is 0 Å². The summed E-state index contributed by atoms with van der Waals surface area (Å²) in [6.45, 7) is 13.2. The third-order valence-corrected chi connectivity index (χ3v) is 18.8. The number of halogens is 2. The van der Waals surface area contributed by atoms with Gasteiger partial charge in [-0.05, 0) is 165 Å². The number of carbonyl (C=O) groups excluding carboxylic acids is 2. The molecule has 2 amide bonds. The van der Waals surface area contributed by atoms with E-state index in [0.29, 0.717) is 64.5 Å². The average Bonchev–Trinajstić information content (AvgIpc) is 2.08. The first kappa shape index (κ1) is 61.4. The Labute approximate surface area is 520 Å². The van der Waals surface area contributed by atoms with E-state index in [1.165, 1.54) is 29.5 Å². The quantitative estimate of drug-likeness (QED) is 0.0336. The Morgan fingerprint density at radius 3 is 1.37 bits per heavy atom. The Balaban J connectivity index is 0.000000137. The molecule has 0 bridgehead atoms. The highest BCUT2D eigenvalue weighted by Gasteiger charge is 2.54. The van der Waals surface area contributed by atoms with E-state index >= 15 is 0 Å². The lowest BCUT2D eigenvalue weighted by Crippen LogP contribution is -2.53. The standard InChI is InChI=1S/C27H30ClN3O3.C22H22ClN3O.C20H29N3O3/c1-26(2,3)33-25(32)31(22-16-21(22)18-8-5-4-6-9-18)17-27(14-7-15-27)24-29-23(34-30-24)19-10-12-20(28)13-11-19;23-17-9-7-16(8-10-17)20-25-21(26-27-20)22(11-4-12-22)14-24-19-13-18(19)15-5-2-1-3-6-15;1-19(2,3)26-18(24)23(13-20(10-7-11-20)17(21)22-25)16-12-15(16)14-8-5-4-6-9-14/h4-6,8-13,21-22H,7,14-17H2,1-3H3;1-3,5-10,18-19,24H,4,11-14H2;4-6,8-9,15-16,25H,7,10-13H2,1-3H3,(H2,21,22)/t21?,22-;18?,19-;15?,16-/m000/s1. The van der Waals surface area contributed by atoms with Gasteiger partial charge < -0.3 is 44.6 Å². The topological polar surface area (TPSA) is 208 Å². The Bertz CT molecular complexity index is 3470. The van der Waals surface area contributed by atoms with E-state index in [1.54, 1.807) is 17.0 Å². The summed E-state index contributed by atoms with van der Waals surface area (Å²) in [6.07, 6.45) is 11.5. The molecule has 13 rings (SSSR count). The molecule has 6 aliphatic rings. The number of carbonyl (C=O) groups is 2. The second-order valence-electron chi connectivity index (χ2n) is 26.8. The number of ether oxygens (including phenoxy) is 2. The van der Waals surface area contributed by atoms with Gasteiger partial charge in [0, 0.05) is 87.5 Å². The lowest BCUT2D eigenvalue weighted by molar-refractivity contribution is 0.0110. The lowest BCUT2D eigenvalue weighted by atomic mass is 9.67. The van der Waals surface area contributed by atoms with E-state index in [2.05, 4.69) is 75.4 Å². The van der Waals surface area contributed by atoms with E-state index in [-0.39, 0.29) is 40.9 Å². The number of oxime groups is 1. The summed E-state index contributed by atoms with van der Waals surface area (Å²) in [5.41, 5.74) is 9.77. The normalized spacial score (nSPS) is 22.6. The first-order chi connectivity index (χ1) is 41.7. The van der Waals surface area contributed by atoms with E-state index in [4.69, 9.17) is 57.4 Å². The van der Waals surface area contributed by atoms with Gasteiger partial charge in [-0.25, -0.2) is 9.59 Å². The summed E-state index contributed by atoms with van der Waals surface area (Å²) < 4.78 is 22.7. The Morgan fingerprint density at radius 1 is 0.586 bits per heavy atom. The van der Waals surface area contributed by atoms with Crippen LogP contribution in [0.2, 0.25) is 10.0 Å². The van der Waals surface area contributed by atoms with Gasteiger partial charge in [0.15, 0.2) is 11.6 Å². The number of nitrogens with two attached hydrogens (primary N) is 1. The van der Waals surface area contributed by atoms with Gasteiger partial charge >= 0.3 is 12.2 Å². The third-order valence-electron chi connectivity index (χ3n) is 18.3. The Kier molecular flexibility index (Phi) is 18.0. The molecular weight excluding hydrogens is 1140 g/mol. The molecule has 6 aliphatic carbocycles. The van der Waals surface area contributed by atoms with Crippen LogP contribution in [0.25, 0.3) is 22.9 Å². The molecule has 6 saturated carbocycles. The van der Waals surface area contributed by atoms with Crippen molar-refractivity contribution < 1.29 is 33.3 Å². The van der Waals surface area contributed by atoms with Crippen molar-refractivity contribution in [1.29, 1.82) is 0 Å². The molecule has 0 aliphatic heterocycles. The molecule has 87 heavy (non-hydrogen) atoms. The van der Waals surface area contributed by atoms with Crippen molar-refractivity contribution in [2.75, 3.05) is 19.6 Å². The van der Waals surface area contributed by atoms with Crippen LogP contribution in [0, 0.1) is 5.41 Å². The zero-order valence-corrected chi connectivity index (χ0v) is 52.2. The van der Waals surface area contributed by atoms with Crippen LogP contribution >= 0.6 is 23.2 Å². The molecule has 0 saturated heterocycles. The molecule has 2 heterocycles. The van der Waals surface area contributed by atoms with Crippen LogP contribution in [0.1, 0.15) is 165 Å². The third kappa shape index (κ3) is 14.5. The Hall–Kier alpha value is -7.27. The molecule has 6 fully saturated rings. The van der Waals surface area contributed by atoms with E-state index in [1.807, 2.05) is 119 Å². The predicted octanol–water partition coefficient (Wildman–Crippen LogP) is 15.3. The minimum Gasteiger partial charge on any atom is -0.444 e. The summed E-state index contributed by atoms with van der Waals surface area (Å²) in [4.78, 5) is 39.4. The number of nitrogens with zero attached hydrogens (tertiary/aromatic N) is 7. The highest BCUT2D eigenvalue weighted by molar-refractivity contribution is 6.30. The van der Waals surface area contributed by atoms with Gasteiger partial charge in [0.1, 0.15) is 17.0 Å². The van der Waals surface area contributed by atoms with Gasteiger partial charge in [-0.15, -0.1) is 0 Å². The van der Waals surface area contributed by atoms with E-state index < -0.39 is 16.6 Å². The van der Waals surface area contributed by atoms with Crippen LogP contribution in [0.4, 0.5) is 9.59 Å². The van der Waals surface area contributed by atoms with Gasteiger partial charge in [-0.3, -0.25) is 0 Å². The largest absolute Gasteiger partial charge is 0.444 e. The SMILES string of the molecule is CC(C)(C)OC(=O)N(CC1(C(N)=NO)CCC1)[C@H]1CC1c1ccccc1.CC(C)(C)OC(=O)N(CC1(c2noc(-c3ccc(Cl)cc3)n2)CCC1)[C@H]1CC1c1ccccc1.Clc1ccc(-c2nc(C3(CN[C@H]4CC4c4ccccc4)CCC3)no2)cc1. The van der Waals surface area contributed by atoms with Crippen molar-refractivity contribution in [3.05, 3.63) is 178 Å². The maximum atomic E-state index is 13.4. The van der Waals surface area contributed by atoms with Crippen molar-refractivity contribution >= 4 is 41.2 Å². The second kappa shape index (κ2) is 25.4. The fourth-order valence-corrected chi connectivity index (χ4v) is 12.8. The predicted molar refractivity (Wildman–Crippen MR) is 337 cm³/mol. The molecule has 6 atom stereocenters. The van der Waals surface area contributed by atoms with Gasteiger partial charge in [-0.1, -0.05) is 149 Å². The van der Waals surface area contributed by atoms with Gasteiger partial charge in [0.05, 0.1) is 5.41 Å². The number of amidine groups is 1. The minimum atomic E-state index is -0.562. The molecule has 0 spiro atoms. The highest BCUT2D eigenvalue weighted by atomic mass is 35.5. The number of rotatable bonds is 17. The highest BCUT2D eigenvalue weighted by Crippen LogP contribution is 2.52. The van der Waals surface area contributed by atoms with Crippen LogP contribution in [-0.4, -0.2) is 102 Å². The zero-order chi connectivity index (χ0) is 61.1. The van der Waals surface area contributed by atoms with Crippen molar-refractivity contribution in [2.24, 2.45) is 16.3 Å². The molecule has 4 N–H and O–H groups in total. The van der Waals surface area contributed by atoms with Crippen LogP contribution in [0.3, 0.4) is 0 Å². The van der Waals surface area contributed by atoms with Crippen molar-refractivity contribution in [3.8, 4) is 22.9 Å². The number of amides is 2. The number of hydrogen-bond acceptors (Lipinski definition) is 13. The van der Waals surface area contributed by atoms with Gasteiger partial charge in [0.25, 0.3) is 11.8 Å². The van der Waals surface area contributed by atoms with E-state index in [0.717, 1.165) is 87.7 Å². The van der Waals surface area contributed by atoms with Crippen LogP contribution in [-0.2, 0) is 20.3 Å². The molecule has 5 aromatic carbocycles. The van der Waals surface area contributed by atoms with Crippen LogP contribution in [0.15, 0.2) is 154 Å². The fourth-order valence-electron chi connectivity index (χ4n) is 12.6. The molecule has 0 radical (unpaired) electrons. The van der Waals surface area contributed by atoms with Gasteiger partial charge in [0.2, 0.25) is 0 Å². The second-order valence-corrected chi connectivity index (χ2v) is 27.7. The molecule has 3 unspecified atom stereocenters. The maximum absolute atomic E-state index is 13.4. The molecule has 16 nitrogen and oxygen atoms in total. The number of benzene rings is 5. The average molecular weight is 1220 g/mol. The summed E-state index contributed by atoms with van der Waals surface area (Å²) in [5, 5.41) is 26.2. The number of hydrogen-bond donors (Lipinski definition) is 3. The minimum absolute atomic E-state index is 0.0119. The fraction of sp³-hybridized carbons (Fsp3) is 0.464. The first-order valence-corrected chi connectivity index (χ1v) is 31.5. The maximum Gasteiger partial charge on any atom is 0.410 e. The monoisotopic (exact) mass is 1220 g/mol. The van der Waals surface area contributed by atoms with Gasteiger partial charge in [-0.2, -0.15) is 9.97 Å². The number of aromatic nitrogens is 4. The van der Waals surface area contributed by atoms with Crippen molar-refractivity contribution in [1.82, 2.24) is 35.4 Å². The van der Waals surface area contributed by atoms with Crippen molar-refractivity contribution in [2.45, 2.75) is 177 Å². The zero-order valence-electron chi connectivity index (χ0n) is 50.7. The summed E-state index contributed by atoms with van der Waals surface area (Å²) >= 11 is 12.0. The van der Waals surface area contributed by atoms with Crippen molar-refractivity contribution in [3.63, 3.8) is 0 Å². The van der Waals surface area contributed by atoms with Crippen LogP contribution < -0.4 is 11.1 Å². The smallest absolute Gasteiger partial charge is 0.410 e. The summed E-state index contributed by atoms with van der Waals surface area (Å²) in [6, 6.07) is 47.0. The summed E-state index contributed by atoms with van der Waals surface area (Å²) in [5.74, 6) is 4.02. The molecular formula is C69H81Cl2N9O7.